The van der Waals surface area contributed by atoms with Gasteiger partial charge in [-0.2, -0.15) is 0 Å². The lowest BCUT2D eigenvalue weighted by molar-refractivity contribution is -0.128. The average molecular weight is 436 g/mol. The van der Waals surface area contributed by atoms with Crippen LogP contribution >= 0.6 is 11.8 Å². The second kappa shape index (κ2) is 9.91. The van der Waals surface area contributed by atoms with Crippen molar-refractivity contribution in [1.82, 2.24) is 4.90 Å². The van der Waals surface area contributed by atoms with Crippen LogP contribution < -0.4 is 10.5 Å². The van der Waals surface area contributed by atoms with Crippen LogP contribution in [0.1, 0.15) is 24.1 Å². The number of sulfonamides is 1. The van der Waals surface area contributed by atoms with Crippen molar-refractivity contribution in [2.24, 2.45) is 5.14 Å². The summed E-state index contributed by atoms with van der Waals surface area (Å²) in [6, 6.07) is 13.3. The Morgan fingerprint density at radius 2 is 1.79 bits per heavy atom. The van der Waals surface area contributed by atoms with Crippen LogP contribution in [-0.2, 0) is 19.6 Å². The van der Waals surface area contributed by atoms with Crippen molar-refractivity contribution in [3.8, 4) is 0 Å². The minimum atomic E-state index is -3.81. The van der Waals surface area contributed by atoms with Crippen LogP contribution in [0.15, 0.2) is 53.4 Å². The van der Waals surface area contributed by atoms with Gasteiger partial charge in [-0.25, -0.2) is 13.6 Å². The molecule has 7 nitrogen and oxygen atoms in total. The van der Waals surface area contributed by atoms with Crippen LogP contribution in [0.3, 0.4) is 0 Å². The molecule has 0 aliphatic rings. The molecular formula is C20H25N3O4S2. The minimum absolute atomic E-state index is 0.00449. The molecule has 2 rings (SSSR count). The largest absolute Gasteiger partial charge is 0.338 e. The molecule has 9 heteroatoms. The van der Waals surface area contributed by atoms with Crippen LogP contribution in [0.2, 0.25) is 0 Å². The van der Waals surface area contributed by atoms with Crippen molar-refractivity contribution in [1.29, 1.82) is 0 Å². The number of hydrogen-bond acceptors (Lipinski definition) is 5. The molecule has 0 radical (unpaired) electrons. The van der Waals surface area contributed by atoms with E-state index < -0.39 is 10.0 Å². The van der Waals surface area contributed by atoms with E-state index in [1.807, 2.05) is 31.2 Å². The highest BCUT2D eigenvalue weighted by atomic mass is 32.2. The zero-order valence-electron chi connectivity index (χ0n) is 16.6. The maximum absolute atomic E-state index is 12.4. The molecule has 0 aliphatic heterocycles. The SMILES string of the molecule is Cc1ccc(NC(=O)CSCC(=O)N(C)C(C)c2cccc(S(N)(=O)=O)c2)cc1. The Balaban J connectivity index is 1.87. The number of benzene rings is 2. The number of anilines is 1. The maximum Gasteiger partial charge on any atom is 0.238 e. The van der Waals surface area contributed by atoms with E-state index in [4.69, 9.17) is 5.14 Å². The molecule has 0 bridgehead atoms. The summed E-state index contributed by atoms with van der Waals surface area (Å²) in [5.41, 5.74) is 2.48. The summed E-state index contributed by atoms with van der Waals surface area (Å²) >= 11 is 1.22. The topological polar surface area (TPSA) is 110 Å². The van der Waals surface area contributed by atoms with E-state index in [2.05, 4.69) is 5.32 Å². The van der Waals surface area contributed by atoms with Crippen molar-refractivity contribution >= 4 is 39.3 Å². The zero-order chi connectivity index (χ0) is 21.6. The summed E-state index contributed by atoms with van der Waals surface area (Å²) < 4.78 is 23.0. The zero-order valence-corrected chi connectivity index (χ0v) is 18.2. The van der Waals surface area contributed by atoms with Crippen LogP contribution in [0.25, 0.3) is 0 Å². The van der Waals surface area contributed by atoms with Gasteiger partial charge >= 0.3 is 0 Å². The number of hydrogen-bond donors (Lipinski definition) is 2. The number of carbonyl (C=O) groups excluding carboxylic acids is 2. The van der Waals surface area contributed by atoms with E-state index >= 15 is 0 Å². The summed E-state index contributed by atoms with van der Waals surface area (Å²) in [4.78, 5) is 26.0. The van der Waals surface area contributed by atoms with E-state index in [1.54, 1.807) is 26.1 Å². The molecule has 2 aromatic carbocycles. The Kier molecular flexibility index (Phi) is 7.83. The Morgan fingerprint density at radius 1 is 1.14 bits per heavy atom. The van der Waals surface area contributed by atoms with Gasteiger partial charge in [-0.3, -0.25) is 9.59 Å². The van der Waals surface area contributed by atoms with Gasteiger partial charge in [-0.15, -0.1) is 11.8 Å². The molecule has 2 aromatic rings. The van der Waals surface area contributed by atoms with Crippen molar-refractivity contribution in [2.75, 3.05) is 23.9 Å². The number of nitrogens with one attached hydrogen (secondary N) is 1. The molecular weight excluding hydrogens is 410 g/mol. The molecule has 1 unspecified atom stereocenters. The number of nitrogens with two attached hydrogens (primary N) is 1. The molecule has 3 N–H and O–H groups in total. The molecule has 0 heterocycles. The number of nitrogens with zero attached hydrogens (tertiary/aromatic N) is 1. The molecule has 2 amide bonds. The fourth-order valence-corrected chi connectivity index (χ4v) is 3.86. The summed E-state index contributed by atoms with van der Waals surface area (Å²) in [5, 5.41) is 7.96. The van der Waals surface area contributed by atoms with Gasteiger partial charge < -0.3 is 10.2 Å². The molecule has 0 saturated heterocycles. The van der Waals surface area contributed by atoms with E-state index in [0.29, 0.717) is 11.3 Å². The number of carbonyl (C=O) groups is 2. The third-order valence-electron chi connectivity index (χ3n) is 4.44. The lowest BCUT2D eigenvalue weighted by Gasteiger charge is -2.25. The number of amides is 2. The lowest BCUT2D eigenvalue weighted by Crippen LogP contribution is -2.31. The quantitative estimate of drug-likeness (QED) is 0.662. The highest BCUT2D eigenvalue weighted by Crippen LogP contribution is 2.22. The predicted molar refractivity (Wildman–Crippen MR) is 116 cm³/mol. The molecule has 29 heavy (non-hydrogen) atoms. The molecule has 0 saturated carbocycles. The third-order valence-corrected chi connectivity index (χ3v) is 6.27. The molecule has 156 valence electrons. The van der Waals surface area contributed by atoms with Crippen LogP contribution in [0.5, 0.6) is 0 Å². The standard InChI is InChI=1S/C20H25N3O4S2/c1-14-7-9-17(10-8-14)22-19(24)12-28-13-20(25)23(3)15(2)16-5-4-6-18(11-16)29(21,26)27/h4-11,15H,12-13H2,1-3H3,(H,22,24)(H2,21,26,27). The molecule has 0 aromatic heterocycles. The first-order valence-corrected chi connectivity index (χ1v) is 11.6. The van der Waals surface area contributed by atoms with Gasteiger partial charge in [-0.1, -0.05) is 29.8 Å². The van der Waals surface area contributed by atoms with Crippen LogP contribution in [-0.4, -0.2) is 43.7 Å². The number of primary sulfonamides is 1. The second-order valence-corrected chi connectivity index (χ2v) is 9.25. The minimum Gasteiger partial charge on any atom is -0.338 e. The molecule has 0 fully saturated rings. The van der Waals surface area contributed by atoms with Gasteiger partial charge in [0.05, 0.1) is 22.4 Å². The average Bonchev–Trinajstić information content (AvgIpc) is 2.68. The van der Waals surface area contributed by atoms with Gasteiger partial charge in [0, 0.05) is 12.7 Å². The van der Waals surface area contributed by atoms with Gasteiger partial charge in [0.25, 0.3) is 0 Å². The Hall–Kier alpha value is -2.36. The van der Waals surface area contributed by atoms with Gasteiger partial charge in [-0.05, 0) is 43.7 Å². The molecule has 0 spiro atoms. The first-order chi connectivity index (χ1) is 13.6. The highest BCUT2D eigenvalue weighted by Gasteiger charge is 2.19. The van der Waals surface area contributed by atoms with E-state index in [1.165, 1.54) is 28.8 Å². The van der Waals surface area contributed by atoms with Crippen LogP contribution in [0, 0.1) is 6.92 Å². The Labute approximate surface area is 175 Å². The fourth-order valence-electron chi connectivity index (χ4n) is 2.56. The lowest BCUT2D eigenvalue weighted by atomic mass is 10.1. The van der Waals surface area contributed by atoms with Crippen molar-refractivity contribution < 1.29 is 18.0 Å². The summed E-state index contributed by atoms with van der Waals surface area (Å²) in [6.45, 7) is 3.77. The molecule has 0 aliphatic carbocycles. The van der Waals surface area contributed by atoms with Crippen molar-refractivity contribution in [3.05, 3.63) is 59.7 Å². The van der Waals surface area contributed by atoms with Crippen LogP contribution in [0.4, 0.5) is 5.69 Å². The maximum atomic E-state index is 12.4. The monoisotopic (exact) mass is 435 g/mol. The number of thioether (sulfide) groups is 1. The normalized spacial score (nSPS) is 12.3. The third kappa shape index (κ3) is 6.88. The van der Waals surface area contributed by atoms with Crippen molar-refractivity contribution in [3.63, 3.8) is 0 Å². The highest BCUT2D eigenvalue weighted by molar-refractivity contribution is 8.00. The second-order valence-electron chi connectivity index (χ2n) is 6.71. The Bertz CT molecular complexity index is 975. The summed E-state index contributed by atoms with van der Waals surface area (Å²) in [5.74, 6) is -0.0467. The van der Waals surface area contributed by atoms with E-state index in [-0.39, 0.29) is 34.3 Å². The van der Waals surface area contributed by atoms with Crippen molar-refractivity contribution in [2.45, 2.75) is 24.8 Å². The number of rotatable bonds is 8. The fraction of sp³-hybridized carbons (Fsp3) is 0.300. The van der Waals surface area contributed by atoms with E-state index in [9.17, 15) is 18.0 Å². The summed E-state index contributed by atoms with van der Waals surface area (Å²) in [7, 11) is -2.17. The molecule has 1 atom stereocenters. The van der Waals surface area contributed by atoms with Gasteiger partial charge in [0.2, 0.25) is 21.8 Å². The Morgan fingerprint density at radius 3 is 2.41 bits per heavy atom. The number of aryl methyl sites for hydroxylation is 1. The predicted octanol–water partition coefficient (Wildman–Crippen LogP) is 2.53. The van der Waals surface area contributed by atoms with Gasteiger partial charge in [0.1, 0.15) is 0 Å². The van der Waals surface area contributed by atoms with E-state index in [0.717, 1.165) is 5.56 Å². The van der Waals surface area contributed by atoms with Gasteiger partial charge in [0.15, 0.2) is 0 Å². The first-order valence-electron chi connectivity index (χ1n) is 8.90. The smallest absolute Gasteiger partial charge is 0.238 e. The first kappa shape index (κ1) is 22.9. The summed E-state index contributed by atoms with van der Waals surface area (Å²) in [6.07, 6.45) is 0.